The molecule has 3 rings (SSSR count). The summed E-state index contributed by atoms with van der Waals surface area (Å²) in [5.41, 5.74) is 1.19. The number of carbonyl (C=O) groups is 1. The van der Waals surface area contributed by atoms with E-state index in [9.17, 15) is 13.2 Å². The van der Waals surface area contributed by atoms with Gasteiger partial charge in [-0.3, -0.25) is 4.79 Å². The molecule has 1 aliphatic rings. The molecule has 0 aliphatic heterocycles. The van der Waals surface area contributed by atoms with Crippen LogP contribution in [-0.2, 0) is 14.8 Å². The van der Waals surface area contributed by atoms with Crippen LogP contribution in [0, 0.1) is 0 Å². The van der Waals surface area contributed by atoms with Gasteiger partial charge in [-0.2, -0.15) is 0 Å². The van der Waals surface area contributed by atoms with E-state index in [1.807, 2.05) is 36.0 Å². The number of sulfonamides is 1. The van der Waals surface area contributed by atoms with Crippen LogP contribution in [0.1, 0.15) is 36.0 Å². The Hall–Kier alpha value is -1.87. The van der Waals surface area contributed by atoms with Crippen LogP contribution in [0.5, 0.6) is 0 Å². The van der Waals surface area contributed by atoms with Crippen LogP contribution in [0.3, 0.4) is 0 Å². The summed E-state index contributed by atoms with van der Waals surface area (Å²) in [6.07, 6.45) is 4.95. The SMILES string of the molecule is COCCNS(=O)(=O)c1ccc(C(=O)Nc2ccccc2SC2CCCC2)cc1. The Morgan fingerprint density at radius 3 is 2.48 bits per heavy atom. The van der Waals surface area contributed by atoms with Crippen molar-refractivity contribution in [2.24, 2.45) is 0 Å². The molecular formula is C21H26N2O4S2. The van der Waals surface area contributed by atoms with E-state index in [-0.39, 0.29) is 24.0 Å². The van der Waals surface area contributed by atoms with Crippen LogP contribution in [-0.4, -0.2) is 39.8 Å². The standard InChI is InChI=1S/C21H26N2O4S2/c1-27-15-14-22-29(25,26)18-12-10-16(11-13-18)21(24)23-19-8-4-5-9-20(19)28-17-6-2-3-7-17/h4-5,8-13,17,22H,2-3,6-7,14-15H2,1H3,(H,23,24). The molecule has 2 aromatic rings. The van der Waals surface area contributed by atoms with E-state index in [1.54, 1.807) is 0 Å². The summed E-state index contributed by atoms with van der Waals surface area (Å²) in [5.74, 6) is -0.263. The van der Waals surface area contributed by atoms with Crippen molar-refractivity contribution < 1.29 is 17.9 Å². The first-order valence-electron chi connectivity index (χ1n) is 9.65. The van der Waals surface area contributed by atoms with Crippen molar-refractivity contribution >= 4 is 33.4 Å². The third-order valence-corrected chi connectivity index (χ3v) is 7.65. The average molecular weight is 435 g/mol. The van der Waals surface area contributed by atoms with E-state index in [0.29, 0.717) is 10.8 Å². The predicted molar refractivity (Wildman–Crippen MR) is 116 cm³/mol. The minimum Gasteiger partial charge on any atom is -0.383 e. The van der Waals surface area contributed by atoms with E-state index in [4.69, 9.17) is 4.74 Å². The average Bonchev–Trinajstić information content (AvgIpc) is 3.23. The summed E-state index contributed by atoms with van der Waals surface area (Å²) < 4.78 is 31.7. The molecule has 0 aromatic heterocycles. The largest absolute Gasteiger partial charge is 0.383 e. The normalized spacial score (nSPS) is 14.8. The fraction of sp³-hybridized carbons (Fsp3) is 0.381. The molecule has 0 saturated heterocycles. The van der Waals surface area contributed by atoms with Crippen LogP contribution in [0.15, 0.2) is 58.3 Å². The maximum absolute atomic E-state index is 12.7. The van der Waals surface area contributed by atoms with Gasteiger partial charge in [-0.1, -0.05) is 25.0 Å². The lowest BCUT2D eigenvalue weighted by atomic mass is 10.2. The fourth-order valence-corrected chi connectivity index (χ4v) is 5.54. The van der Waals surface area contributed by atoms with Gasteiger partial charge in [0.25, 0.3) is 5.91 Å². The molecule has 2 aromatic carbocycles. The van der Waals surface area contributed by atoms with Crippen LogP contribution >= 0.6 is 11.8 Å². The lowest BCUT2D eigenvalue weighted by Gasteiger charge is -2.14. The summed E-state index contributed by atoms with van der Waals surface area (Å²) in [5, 5.41) is 3.56. The second-order valence-electron chi connectivity index (χ2n) is 6.89. The number of benzene rings is 2. The first-order valence-corrected chi connectivity index (χ1v) is 12.0. The van der Waals surface area contributed by atoms with Gasteiger partial charge in [0.15, 0.2) is 0 Å². The number of para-hydroxylation sites is 1. The third kappa shape index (κ3) is 6.05. The number of hydrogen-bond donors (Lipinski definition) is 2. The molecular weight excluding hydrogens is 408 g/mol. The van der Waals surface area contributed by atoms with Gasteiger partial charge in [-0.15, -0.1) is 11.8 Å². The number of amides is 1. The van der Waals surface area contributed by atoms with Crippen LogP contribution in [0.4, 0.5) is 5.69 Å². The predicted octanol–water partition coefficient (Wildman–Crippen LogP) is 3.90. The highest BCUT2D eigenvalue weighted by Crippen LogP contribution is 2.38. The Kier molecular flexibility index (Phi) is 7.71. The number of nitrogens with one attached hydrogen (secondary N) is 2. The maximum atomic E-state index is 12.7. The van der Waals surface area contributed by atoms with Crippen molar-refractivity contribution in [3.63, 3.8) is 0 Å². The number of rotatable bonds is 9. The molecule has 0 bridgehead atoms. The zero-order valence-electron chi connectivity index (χ0n) is 16.4. The summed E-state index contributed by atoms with van der Waals surface area (Å²) in [6.45, 7) is 0.481. The topological polar surface area (TPSA) is 84.5 Å². The summed E-state index contributed by atoms with van der Waals surface area (Å²) in [6, 6.07) is 13.7. The van der Waals surface area contributed by atoms with E-state index in [2.05, 4.69) is 10.0 Å². The van der Waals surface area contributed by atoms with E-state index in [1.165, 1.54) is 57.1 Å². The molecule has 1 aliphatic carbocycles. The zero-order valence-corrected chi connectivity index (χ0v) is 18.0. The van der Waals surface area contributed by atoms with Gasteiger partial charge in [0.05, 0.1) is 17.2 Å². The lowest BCUT2D eigenvalue weighted by Crippen LogP contribution is -2.27. The molecule has 0 unspecified atom stereocenters. The van der Waals surface area contributed by atoms with Crippen molar-refractivity contribution in [3.05, 3.63) is 54.1 Å². The van der Waals surface area contributed by atoms with Crippen LogP contribution in [0.25, 0.3) is 0 Å². The van der Waals surface area contributed by atoms with Gasteiger partial charge in [-0.25, -0.2) is 13.1 Å². The molecule has 2 N–H and O–H groups in total. The van der Waals surface area contributed by atoms with Gasteiger partial charge in [0, 0.05) is 29.4 Å². The van der Waals surface area contributed by atoms with E-state index in [0.717, 1.165) is 10.6 Å². The second kappa shape index (κ2) is 10.2. The van der Waals surface area contributed by atoms with Gasteiger partial charge in [-0.05, 0) is 49.2 Å². The van der Waals surface area contributed by atoms with Gasteiger partial charge in [0.2, 0.25) is 10.0 Å². The molecule has 1 amide bonds. The highest BCUT2D eigenvalue weighted by Gasteiger charge is 2.19. The highest BCUT2D eigenvalue weighted by atomic mass is 32.2. The number of thioether (sulfide) groups is 1. The minimum atomic E-state index is -3.62. The van der Waals surface area contributed by atoms with Crippen molar-refractivity contribution in [2.75, 3.05) is 25.6 Å². The number of carbonyl (C=O) groups excluding carboxylic acids is 1. The van der Waals surface area contributed by atoms with E-state index < -0.39 is 10.0 Å². The molecule has 29 heavy (non-hydrogen) atoms. The Labute approximate surface area is 176 Å². The Morgan fingerprint density at radius 1 is 1.10 bits per heavy atom. The molecule has 0 radical (unpaired) electrons. The summed E-state index contributed by atoms with van der Waals surface area (Å²) >= 11 is 1.82. The quantitative estimate of drug-likeness (QED) is 0.585. The Bertz CT molecular complexity index is 924. The fourth-order valence-electron chi connectivity index (χ4n) is 3.20. The molecule has 1 fully saturated rings. The molecule has 0 spiro atoms. The van der Waals surface area contributed by atoms with E-state index >= 15 is 0 Å². The molecule has 8 heteroatoms. The van der Waals surface area contributed by atoms with Crippen molar-refractivity contribution in [1.29, 1.82) is 0 Å². The molecule has 6 nitrogen and oxygen atoms in total. The zero-order chi connectivity index (χ0) is 20.7. The molecule has 0 atom stereocenters. The van der Waals surface area contributed by atoms with Gasteiger partial charge in [0.1, 0.15) is 0 Å². The van der Waals surface area contributed by atoms with Crippen LogP contribution < -0.4 is 10.0 Å². The van der Waals surface area contributed by atoms with Crippen molar-refractivity contribution in [2.45, 2.75) is 40.7 Å². The summed E-state index contributed by atoms with van der Waals surface area (Å²) in [7, 11) is -2.11. The number of ether oxygens (including phenoxy) is 1. The first-order chi connectivity index (χ1) is 14.0. The lowest BCUT2D eigenvalue weighted by molar-refractivity contribution is 0.102. The maximum Gasteiger partial charge on any atom is 0.255 e. The molecule has 1 saturated carbocycles. The summed E-state index contributed by atoms with van der Waals surface area (Å²) in [4.78, 5) is 13.9. The smallest absolute Gasteiger partial charge is 0.255 e. The number of methoxy groups -OCH3 is 1. The van der Waals surface area contributed by atoms with Crippen LogP contribution in [0.2, 0.25) is 0 Å². The third-order valence-electron chi connectivity index (χ3n) is 4.76. The Morgan fingerprint density at radius 2 is 1.79 bits per heavy atom. The highest BCUT2D eigenvalue weighted by molar-refractivity contribution is 8.00. The molecule has 156 valence electrons. The molecule has 0 heterocycles. The van der Waals surface area contributed by atoms with Crippen molar-refractivity contribution in [1.82, 2.24) is 4.72 Å². The van der Waals surface area contributed by atoms with Gasteiger partial charge >= 0.3 is 0 Å². The minimum absolute atomic E-state index is 0.113. The van der Waals surface area contributed by atoms with Gasteiger partial charge < -0.3 is 10.1 Å². The Balaban J connectivity index is 1.67. The number of anilines is 1. The van der Waals surface area contributed by atoms with Crippen molar-refractivity contribution in [3.8, 4) is 0 Å². The second-order valence-corrected chi connectivity index (χ2v) is 10.00. The monoisotopic (exact) mass is 434 g/mol. The first kappa shape index (κ1) is 21.8. The number of hydrogen-bond acceptors (Lipinski definition) is 5.